The highest BCUT2D eigenvalue weighted by atomic mass is 32.2. The van der Waals surface area contributed by atoms with Gasteiger partial charge in [0, 0.05) is 36.8 Å². The molecule has 9 heteroatoms. The Morgan fingerprint density at radius 1 is 1.38 bits per heavy atom. The largest absolute Gasteiger partial charge is 0.378 e. The van der Waals surface area contributed by atoms with E-state index in [-0.39, 0.29) is 11.7 Å². The number of carbonyl (C=O) groups is 1. The van der Waals surface area contributed by atoms with E-state index in [1.54, 1.807) is 17.4 Å². The van der Waals surface area contributed by atoms with E-state index < -0.39 is 0 Å². The van der Waals surface area contributed by atoms with Crippen molar-refractivity contribution in [3.63, 3.8) is 0 Å². The highest BCUT2D eigenvalue weighted by molar-refractivity contribution is 7.99. The number of amides is 1. The molecule has 0 radical (unpaired) electrons. The summed E-state index contributed by atoms with van der Waals surface area (Å²) >= 11 is 2.87. The van der Waals surface area contributed by atoms with E-state index in [9.17, 15) is 10.1 Å². The number of nitrogens with zero attached hydrogens (tertiary/aromatic N) is 5. The molecule has 0 fully saturated rings. The molecule has 7 nitrogen and oxygen atoms in total. The molecule has 0 saturated heterocycles. The minimum Gasteiger partial charge on any atom is -0.378 e. The lowest BCUT2D eigenvalue weighted by molar-refractivity contribution is -0.113. The van der Waals surface area contributed by atoms with Crippen LogP contribution in [0.15, 0.2) is 42.1 Å². The van der Waals surface area contributed by atoms with Crippen molar-refractivity contribution in [2.24, 2.45) is 5.92 Å². The molecule has 1 unspecified atom stereocenters. The maximum atomic E-state index is 12.8. The summed E-state index contributed by atoms with van der Waals surface area (Å²) in [6, 6.07) is 10.4. The number of carbonyl (C=O) groups excluding carboxylic acids is 1. The van der Waals surface area contributed by atoms with Crippen LogP contribution in [0.25, 0.3) is 11.4 Å². The minimum atomic E-state index is -0.154. The Labute approximate surface area is 208 Å². The second-order valence-electron chi connectivity index (χ2n) is 8.65. The fraction of sp³-hybridized carbons (Fsp3) is 0.360. The molecule has 176 valence electrons. The first-order valence-corrected chi connectivity index (χ1v) is 13.0. The zero-order valence-corrected chi connectivity index (χ0v) is 21.3. The molecule has 1 N–H and O–H groups in total. The SMILES string of the molecule is C=CCn1c(SCC(=O)Nc2sc3c(c2C#N)CCC(C)C3)nnc1-c1ccc(N(C)C)cc1. The quantitative estimate of drug-likeness (QED) is 0.352. The third-order valence-corrected chi connectivity index (χ3v) is 8.02. The van der Waals surface area contributed by atoms with Crippen LogP contribution >= 0.6 is 23.1 Å². The molecular weight excluding hydrogens is 464 g/mol. The number of anilines is 2. The Hall–Kier alpha value is -3.09. The maximum absolute atomic E-state index is 12.8. The first kappa shape index (κ1) is 24.0. The average molecular weight is 493 g/mol. The van der Waals surface area contributed by atoms with Gasteiger partial charge >= 0.3 is 0 Å². The number of nitrogens with one attached hydrogen (secondary N) is 1. The van der Waals surface area contributed by atoms with Crippen molar-refractivity contribution in [2.75, 3.05) is 30.1 Å². The van der Waals surface area contributed by atoms with Crippen molar-refractivity contribution < 1.29 is 4.79 Å². The first-order chi connectivity index (χ1) is 16.4. The molecule has 0 bridgehead atoms. The van der Waals surface area contributed by atoms with E-state index in [1.165, 1.54) is 16.6 Å². The number of aromatic nitrogens is 3. The molecule has 3 aromatic rings. The van der Waals surface area contributed by atoms with Crippen molar-refractivity contribution in [1.29, 1.82) is 5.26 Å². The summed E-state index contributed by atoms with van der Waals surface area (Å²) in [5, 5.41) is 22.7. The molecule has 0 spiro atoms. The molecule has 2 aromatic heterocycles. The van der Waals surface area contributed by atoms with Crippen LogP contribution in [0.2, 0.25) is 0 Å². The molecule has 34 heavy (non-hydrogen) atoms. The van der Waals surface area contributed by atoms with Crippen LogP contribution in [0, 0.1) is 17.2 Å². The molecule has 0 saturated carbocycles. The van der Waals surface area contributed by atoms with Crippen LogP contribution in [0.3, 0.4) is 0 Å². The van der Waals surface area contributed by atoms with Crippen LogP contribution in [0.4, 0.5) is 10.7 Å². The molecule has 4 rings (SSSR count). The van der Waals surface area contributed by atoms with E-state index in [0.717, 1.165) is 41.9 Å². The number of benzene rings is 1. The van der Waals surface area contributed by atoms with Crippen LogP contribution in [-0.4, -0.2) is 40.5 Å². The lowest BCUT2D eigenvalue weighted by Crippen LogP contribution is -2.15. The third kappa shape index (κ3) is 5.03. The van der Waals surface area contributed by atoms with Crippen LogP contribution in [0.5, 0.6) is 0 Å². The second kappa shape index (κ2) is 10.5. The molecule has 0 aliphatic heterocycles. The van der Waals surface area contributed by atoms with Gasteiger partial charge < -0.3 is 10.2 Å². The van der Waals surface area contributed by atoms with Gasteiger partial charge in [-0.3, -0.25) is 9.36 Å². The summed E-state index contributed by atoms with van der Waals surface area (Å²) in [4.78, 5) is 16.0. The van der Waals surface area contributed by atoms with Crippen LogP contribution in [0.1, 0.15) is 29.3 Å². The number of thioether (sulfide) groups is 1. The molecule has 1 aliphatic rings. The number of hydrogen-bond donors (Lipinski definition) is 1. The summed E-state index contributed by atoms with van der Waals surface area (Å²) in [6.45, 7) is 6.62. The van der Waals surface area contributed by atoms with Gasteiger partial charge in [0.05, 0.1) is 11.3 Å². The molecular formula is C25H28N6OS2. The summed E-state index contributed by atoms with van der Waals surface area (Å²) < 4.78 is 1.96. The Morgan fingerprint density at radius 3 is 2.82 bits per heavy atom. The van der Waals surface area contributed by atoms with Crippen molar-refractivity contribution >= 4 is 39.7 Å². The van der Waals surface area contributed by atoms with Gasteiger partial charge in [-0.1, -0.05) is 24.8 Å². The monoisotopic (exact) mass is 492 g/mol. The molecule has 1 aliphatic carbocycles. The number of nitriles is 1. The zero-order valence-electron chi connectivity index (χ0n) is 19.7. The summed E-state index contributed by atoms with van der Waals surface area (Å²) in [5.74, 6) is 1.37. The van der Waals surface area contributed by atoms with E-state index in [4.69, 9.17) is 0 Å². The fourth-order valence-corrected chi connectivity index (χ4v) is 6.19. The third-order valence-electron chi connectivity index (χ3n) is 5.88. The standard InChI is InChI=1S/C25H28N6OS2/c1-5-12-31-23(17-7-9-18(10-8-17)30(3)4)28-29-25(31)33-15-22(32)27-24-20(14-26)19-11-6-16(2)13-21(19)34-24/h5,7-10,16H,1,6,11-13,15H2,2-4H3,(H,27,32). The minimum absolute atomic E-state index is 0.154. The summed E-state index contributed by atoms with van der Waals surface area (Å²) in [5.41, 5.74) is 3.80. The van der Waals surface area contributed by atoms with Gasteiger partial charge in [-0.15, -0.1) is 28.1 Å². The molecule has 1 atom stereocenters. The predicted molar refractivity (Wildman–Crippen MR) is 140 cm³/mol. The number of fused-ring (bicyclic) bond motifs is 1. The number of allylic oxidation sites excluding steroid dienone is 1. The van der Waals surface area contributed by atoms with Crippen molar-refractivity contribution in [1.82, 2.24) is 14.8 Å². The van der Waals surface area contributed by atoms with Gasteiger partial charge in [0.15, 0.2) is 11.0 Å². The van der Waals surface area contributed by atoms with Crippen molar-refractivity contribution in [3.05, 3.63) is 52.9 Å². The van der Waals surface area contributed by atoms with E-state index >= 15 is 0 Å². The summed E-state index contributed by atoms with van der Waals surface area (Å²) in [6.07, 6.45) is 4.76. The van der Waals surface area contributed by atoms with Crippen LogP contribution in [-0.2, 0) is 24.2 Å². The van der Waals surface area contributed by atoms with Gasteiger partial charge in [0.2, 0.25) is 5.91 Å². The van der Waals surface area contributed by atoms with Crippen molar-refractivity contribution in [2.45, 2.75) is 37.9 Å². The van der Waals surface area contributed by atoms with E-state index in [2.05, 4.69) is 35.1 Å². The number of thiophene rings is 1. The van der Waals surface area contributed by atoms with Gasteiger partial charge in [-0.05, 0) is 55.0 Å². The average Bonchev–Trinajstić information content (AvgIpc) is 3.37. The fourth-order valence-electron chi connectivity index (χ4n) is 4.06. The molecule has 1 amide bonds. The Bertz CT molecular complexity index is 1240. The molecule has 1 aromatic carbocycles. The molecule has 2 heterocycles. The van der Waals surface area contributed by atoms with Gasteiger partial charge in [0.25, 0.3) is 0 Å². The normalized spacial score (nSPS) is 14.8. The van der Waals surface area contributed by atoms with Gasteiger partial charge in [-0.25, -0.2) is 0 Å². The summed E-state index contributed by atoms with van der Waals surface area (Å²) in [7, 11) is 4.00. The topological polar surface area (TPSA) is 86.8 Å². The van der Waals surface area contributed by atoms with Gasteiger partial charge in [-0.2, -0.15) is 5.26 Å². The second-order valence-corrected chi connectivity index (χ2v) is 10.7. The lowest BCUT2D eigenvalue weighted by atomic mass is 9.89. The maximum Gasteiger partial charge on any atom is 0.235 e. The first-order valence-electron chi connectivity index (χ1n) is 11.2. The highest BCUT2D eigenvalue weighted by Crippen LogP contribution is 2.39. The van der Waals surface area contributed by atoms with Crippen molar-refractivity contribution in [3.8, 4) is 17.5 Å². The number of rotatable bonds is 8. The predicted octanol–water partition coefficient (Wildman–Crippen LogP) is 4.99. The highest BCUT2D eigenvalue weighted by Gasteiger charge is 2.25. The Balaban J connectivity index is 1.47. The lowest BCUT2D eigenvalue weighted by Gasteiger charge is -2.17. The number of hydrogen-bond acceptors (Lipinski definition) is 7. The van der Waals surface area contributed by atoms with E-state index in [1.807, 2.05) is 47.8 Å². The van der Waals surface area contributed by atoms with Gasteiger partial charge in [0.1, 0.15) is 11.1 Å². The Morgan fingerprint density at radius 2 is 2.15 bits per heavy atom. The van der Waals surface area contributed by atoms with E-state index in [0.29, 0.717) is 28.2 Å². The smallest absolute Gasteiger partial charge is 0.235 e. The van der Waals surface area contributed by atoms with Crippen LogP contribution < -0.4 is 10.2 Å². The Kier molecular flexibility index (Phi) is 7.39. The zero-order chi connectivity index (χ0) is 24.2.